The van der Waals surface area contributed by atoms with Gasteiger partial charge < -0.3 is 15.8 Å². The molecule has 2 aromatic heterocycles. The van der Waals surface area contributed by atoms with E-state index in [2.05, 4.69) is 22.4 Å². The molecule has 4 rings (SSSR count). The second kappa shape index (κ2) is 6.29. The van der Waals surface area contributed by atoms with E-state index in [-0.39, 0.29) is 17.9 Å². The van der Waals surface area contributed by atoms with Gasteiger partial charge in [-0.25, -0.2) is 0 Å². The molecule has 0 saturated carbocycles. The van der Waals surface area contributed by atoms with Gasteiger partial charge in [0.15, 0.2) is 5.65 Å². The van der Waals surface area contributed by atoms with Gasteiger partial charge in [0, 0.05) is 11.8 Å². The van der Waals surface area contributed by atoms with E-state index in [0.29, 0.717) is 30.0 Å². The summed E-state index contributed by atoms with van der Waals surface area (Å²) in [7, 11) is 0. The summed E-state index contributed by atoms with van der Waals surface area (Å²) >= 11 is 0. The lowest BCUT2D eigenvalue weighted by Crippen LogP contribution is -2.34. The molecule has 1 saturated heterocycles. The van der Waals surface area contributed by atoms with Gasteiger partial charge in [-0.15, -0.1) is 10.2 Å². The van der Waals surface area contributed by atoms with Crippen LogP contribution in [0.1, 0.15) is 30.1 Å². The van der Waals surface area contributed by atoms with Crippen LogP contribution in [0, 0.1) is 5.92 Å². The Bertz CT molecular complexity index is 1010. The number of nitrogens with zero attached hydrogens (tertiary/aromatic N) is 3. The molecule has 1 fully saturated rings. The maximum atomic E-state index is 11.7. The Morgan fingerprint density at radius 3 is 3.08 bits per heavy atom. The zero-order valence-corrected chi connectivity index (χ0v) is 14.3. The lowest BCUT2D eigenvalue weighted by Gasteiger charge is -2.19. The first-order valence-electron chi connectivity index (χ1n) is 8.56. The minimum absolute atomic E-state index is 0.0101. The Kier molecular flexibility index (Phi) is 3.95. The number of hydrogen-bond acceptors (Lipinski definition) is 5. The Balaban J connectivity index is 1.73. The minimum Gasteiger partial charge on any atom is -0.489 e. The number of ether oxygens (including phenoxy) is 1. The van der Waals surface area contributed by atoms with Crippen molar-refractivity contribution < 1.29 is 14.3 Å². The van der Waals surface area contributed by atoms with E-state index < -0.39 is 5.91 Å². The Hall–Kier alpha value is -3.16. The standard InChI is InChI=1S/C18H19N5O3/c1-2-10-7-15(24)21-13(10)8-26-14-5-3-4-11-6-12(17(19)25)18-22-20-9-23(18)16(11)14/h3-6,9-10,13H,2,7-8H2,1H3,(H2,19,25)(H,21,24)/t10-,13+/m0/s1. The zero-order chi connectivity index (χ0) is 18.3. The van der Waals surface area contributed by atoms with Crippen LogP contribution < -0.4 is 15.8 Å². The van der Waals surface area contributed by atoms with Crippen LogP contribution >= 0.6 is 0 Å². The first kappa shape index (κ1) is 16.3. The Morgan fingerprint density at radius 2 is 2.31 bits per heavy atom. The number of para-hydroxylation sites is 1. The fourth-order valence-electron chi connectivity index (χ4n) is 3.56. The molecule has 0 unspecified atom stereocenters. The molecule has 8 heteroatoms. The van der Waals surface area contributed by atoms with Crippen LogP contribution in [0.25, 0.3) is 16.6 Å². The highest BCUT2D eigenvalue weighted by Gasteiger charge is 2.31. The van der Waals surface area contributed by atoms with Crippen molar-refractivity contribution in [1.82, 2.24) is 19.9 Å². The summed E-state index contributed by atoms with van der Waals surface area (Å²) in [5.41, 5.74) is 6.92. The number of aromatic nitrogens is 3. The fourth-order valence-corrected chi connectivity index (χ4v) is 3.56. The molecule has 0 bridgehead atoms. The molecule has 134 valence electrons. The number of hydrogen-bond donors (Lipinski definition) is 2. The summed E-state index contributed by atoms with van der Waals surface area (Å²) in [6.45, 7) is 2.45. The number of rotatable bonds is 5. The van der Waals surface area contributed by atoms with Crippen molar-refractivity contribution in [3.8, 4) is 5.75 Å². The minimum atomic E-state index is -0.560. The van der Waals surface area contributed by atoms with E-state index in [0.717, 1.165) is 17.3 Å². The number of carbonyl (C=O) groups excluding carboxylic acids is 2. The molecular weight excluding hydrogens is 334 g/mol. The van der Waals surface area contributed by atoms with E-state index in [1.54, 1.807) is 10.5 Å². The van der Waals surface area contributed by atoms with Gasteiger partial charge in [0.2, 0.25) is 5.91 Å². The highest BCUT2D eigenvalue weighted by molar-refractivity contribution is 6.03. The van der Waals surface area contributed by atoms with Gasteiger partial charge in [0.1, 0.15) is 18.7 Å². The van der Waals surface area contributed by atoms with Crippen LogP contribution in [-0.4, -0.2) is 39.1 Å². The van der Waals surface area contributed by atoms with Crippen LogP contribution in [0.15, 0.2) is 30.6 Å². The predicted molar refractivity (Wildman–Crippen MR) is 94.8 cm³/mol. The fraction of sp³-hybridized carbons (Fsp3) is 0.333. The maximum Gasteiger partial charge on any atom is 0.252 e. The molecule has 1 aliphatic rings. The molecule has 26 heavy (non-hydrogen) atoms. The van der Waals surface area contributed by atoms with Crippen molar-refractivity contribution in [2.45, 2.75) is 25.8 Å². The molecule has 0 spiro atoms. The second-order valence-electron chi connectivity index (χ2n) is 6.50. The molecule has 3 heterocycles. The largest absolute Gasteiger partial charge is 0.489 e. The highest BCUT2D eigenvalue weighted by atomic mass is 16.5. The quantitative estimate of drug-likeness (QED) is 0.717. The molecule has 0 radical (unpaired) electrons. The van der Waals surface area contributed by atoms with Crippen molar-refractivity contribution in [1.29, 1.82) is 0 Å². The van der Waals surface area contributed by atoms with Crippen molar-refractivity contribution in [2.24, 2.45) is 11.7 Å². The second-order valence-corrected chi connectivity index (χ2v) is 6.50. The molecule has 3 N–H and O–H groups in total. The third-order valence-electron chi connectivity index (χ3n) is 4.93. The lowest BCUT2D eigenvalue weighted by molar-refractivity contribution is -0.119. The topological polar surface area (TPSA) is 112 Å². The summed E-state index contributed by atoms with van der Waals surface area (Å²) in [5.74, 6) is 0.416. The van der Waals surface area contributed by atoms with Gasteiger partial charge in [-0.2, -0.15) is 0 Å². The van der Waals surface area contributed by atoms with Crippen molar-refractivity contribution in [2.75, 3.05) is 6.61 Å². The van der Waals surface area contributed by atoms with Crippen LogP contribution in [0.3, 0.4) is 0 Å². The summed E-state index contributed by atoms with van der Waals surface area (Å²) in [5, 5.41) is 11.7. The first-order valence-corrected chi connectivity index (χ1v) is 8.56. The number of carbonyl (C=O) groups is 2. The smallest absolute Gasteiger partial charge is 0.252 e. The summed E-state index contributed by atoms with van der Waals surface area (Å²) in [4.78, 5) is 23.4. The van der Waals surface area contributed by atoms with Crippen LogP contribution in [0.4, 0.5) is 0 Å². The zero-order valence-electron chi connectivity index (χ0n) is 14.3. The molecule has 0 aliphatic carbocycles. The maximum absolute atomic E-state index is 11.7. The predicted octanol–water partition coefficient (Wildman–Crippen LogP) is 1.27. The number of benzene rings is 1. The molecule has 2 atom stereocenters. The third-order valence-corrected chi connectivity index (χ3v) is 4.93. The van der Waals surface area contributed by atoms with Gasteiger partial charge in [-0.3, -0.25) is 14.0 Å². The summed E-state index contributed by atoms with van der Waals surface area (Å²) < 4.78 is 7.76. The Morgan fingerprint density at radius 1 is 1.46 bits per heavy atom. The summed E-state index contributed by atoms with van der Waals surface area (Å²) in [6.07, 6.45) is 2.99. The molecule has 1 aliphatic heterocycles. The van der Waals surface area contributed by atoms with Crippen LogP contribution in [0.5, 0.6) is 5.75 Å². The highest BCUT2D eigenvalue weighted by Crippen LogP contribution is 2.29. The number of pyridine rings is 1. The van der Waals surface area contributed by atoms with E-state index in [9.17, 15) is 9.59 Å². The van der Waals surface area contributed by atoms with Gasteiger partial charge in [-0.1, -0.05) is 25.5 Å². The third kappa shape index (κ3) is 2.63. The normalized spacial score (nSPS) is 19.8. The monoisotopic (exact) mass is 353 g/mol. The van der Waals surface area contributed by atoms with Crippen LogP contribution in [0.2, 0.25) is 0 Å². The average Bonchev–Trinajstić information content (AvgIpc) is 3.25. The SMILES string of the molecule is CC[C@H]1CC(=O)N[C@@H]1COc1cccc2cc(C(N)=O)c3nncn3c12. The number of primary amides is 1. The van der Waals surface area contributed by atoms with Gasteiger partial charge >= 0.3 is 0 Å². The van der Waals surface area contributed by atoms with E-state index in [1.807, 2.05) is 18.2 Å². The lowest BCUT2D eigenvalue weighted by atomic mass is 9.98. The van der Waals surface area contributed by atoms with Crippen molar-refractivity contribution >= 4 is 28.4 Å². The van der Waals surface area contributed by atoms with Gasteiger partial charge in [-0.05, 0) is 18.1 Å². The van der Waals surface area contributed by atoms with E-state index in [4.69, 9.17) is 10.5 Å². The number of nitrogens with one attached hydrogen (secondary N) is 1. The molecule has 1 aromatic carbocycles. The molecule has 2 amide bonds. The molecule has 8 nitrogen and oxygen atoms in total. The first-order chi connectivity index (χ1) is 12.6. The molecule has 3 aromatic rings. The average molecular weight is 353 g/mol. The number of nitrogens with two attached hydrogens (primary N) is 1. The summed E-state index contributed by atoms with van der Waals surface area (Å²) in [6, 6.07) is 7.26. The Labute approximate surface area is 149 Å². The van der Waals surface area contributed by atoms with Gasteiger partial charge in [0.25, 0.3) is 5.91 Å². The van der Waals surface area contributed by atoms with Crippen molar-refractivity contribution in [3.63, 3.8) is 0 Å². The van der Waals surface area contributed by atoms with Crippen molar-refractivity contribution in [3.05, 3.63) is 36.2 Å². The van der Waals surface area contributed by atoms with E-state index >= 15 is 0 Å². The molecular formula is C18H19N5O3. The number of amides is 2. The van der Waals surface area contributed by atoms with Gasteiger partial charge in [0.05, 0.1) is 17.1 Å². The van der Waals surface area contributed by atoms with E-state index in [1.165, 1.54) is 6.33 Å². The van der Waals surface area contributed by atoms with Crippen LogP contribution in [-0.2, 0) is 4.79 Å². The number of fused-ring (bicyclic) bond motifs is 3.